The van der Waals surface area contributed by atoms with Gasteiger partial charge in [-0.25, -0.2) is 0 Å². The molecule has 2 aromatic carbocycles. The monoisotopic (exact) mass is 414 g/mol. The SMILES string of the molecule is COc1cc([Se]c2cc(OC)c(OC)c(OC)c2)cc(OC)c1OC. The zero-order valence-electron chi connectivity index (χ0n) is 15.2. The summed E-state index contributed by atoms with van der Waals surface area (Å²) in [7, 11) is 9.59. The van der Waals surface area contributed by atoms with Gasteiger partial charge < -0.3 is 0 Å². The molecule has 0 amide bonds. The van der Waals surface area contributed by atoms with Gasteiger partial charge in [-0.3, -0.25) is 0 Å². The van der Waals surface area contributed by atoms with E-state index in [1.165, 1.54) is 0 Å². The standard InChI is InChI=1S/C18H22O6Se/c1-19-13-7-11(8-14(20-2)17(13)23-5)25-12-9-15(21-3)18(24-6)16(10-12)22-4/h7-10H,1-6H3. The minimum atomic E-state index is -0.0281. The predicted octanol–water partition coefficient (Wildman–Crippen LogP) is 1.39. The van der Waals surface area contributed by atoms with Crippen LogP contribution in [-0.2, 0) is 0 Å². The van der Waals surface area contributed by atoms with Gasteiger partial charge in [-0.1, -0.05) is 0 Å². The van der Waals surface area contributed by atoms with E-state index in [0.29, 0.717) is 34.5 Å². The van der Waals surface area contributed by atoms with Crippen LogP contribution in [-0.4, -0.2) is 57.6 Å². The first-order valence-corrected chi connectivity index (χ1v) is 9.10. The van der Waals surface area contributed by atoms with Crippen LogP contribution in [0.15, 0.2) is 24.3 Å². The topological polar surface area (TPSA) is 55.4 Å². The first-order valence-electron chi connectivity index (χ1n) is 7.39. The first kappa shape index (κ1) is 19.1. The van der Waals surface area contributed by atoms with E-state index in [1.54, 1.807) is 42.7 Å². The molecule has 0 saturated carbocycles. The normalized spacial score (nSPS) is 10.2. The van der Waals surface area contributed by atoms with E-state index < -0.39 is 0 Å². The number of hydrogen-bond donors (Lipinski definition) is 0. The molecule has 0 bridgehead atoms. The Morgan fingerprint density at radius 2 is 0.760 bits per heavy atom. The molecule has 25 heavy (non-hydrogen) atoms. The van der Waals surface area contributed by atoms with Crippen molar-refractivity contribution in [1.29, 1.82) is 0 Å². The van der Waals surface area contributed by atoms with E-state index in [2.05, 4.69) is 0 Å². The second kappa shape index (κ2) is 8.74. The van der Waals surface area contributed by atoms with Crippen molar-refractivity contribution in [2.24, 2.45) is 0 Å². The van der Waals surface area contributed by atoms with Gasteiger partial charge in [-0.2, -0.15) is 0 Å². The maximum atomic E-state index is 5.42. The van der Waals surface area contributed by atoms with Crippen molar-refractivity contribution in [3.8, 4) is 34.5 Å². The summed E-state index contributed by atoms with van der Waals surface area (Å²) in [6.45, 7) is 0. The van der Waals surface area contributed by atoms with Gasteiger partial charge in [-0.05, 0) is 0 Å². The summed E-state index contributed by atoms with van der Waals surface area (Å²) in [6.07, 6.45) is 0. The summed E-state index contributed by atoms with van der Waals surface area (Å²) in [5, 5.41) is 0. The number of methoxy groups -OCH3 is 6. The molecule has 0 saturated heterocycles. The molecule has 0 spiro atoms. The Bertz CT molecular complexity index is 620. The van der Waals surface area contributed by atoms with Crippen molar-refractivity contribution in [3.63, 3.8) is 0 Å². The van der Waals surface area contributed by atoms with Gasteiger partial charge in [-0.15, -0.1) is 0 Å². The summed E-state index contributed by atoms with van der Waals surface area (Å²) < 4.78 is 34.5. The molecule has 2 rings (SSSR count). The van der Waals surface area contributed by atoms with Crippen LogP contribution in [0, 0.1) is 0 Å². The molecule has 6 nitrogen and oxygen atoms in total. The Kier molecular flexibility index (Phi) is 6.67. The van der Waals surface area contributed by atoms with Crippen molar-refractivity contribution in [2.75, 3.05) is 42.7 Å². The Morgan fingerprint density at radius 1 is 0.480 bits per heavy atom. The van der Waals surface area contributed by atoms with E-state index in [4.69, 9.17) is 28.4 Å². The van der Waals surface area contributed by atoms with Gasteiger partial charge in [0, 0.05) is 0 Å². The molecule has 136 valence electrons. The van der Waals surface area contributed by atoms with E-state index in [9.17, 15) is 0 Å². The van der Waals surface area contributed by atoms with Crippen LogP contribution in [0.1, 0.15) is 0 Å². The minimum absolute atomic E-state index is 0.0281. The Hall–Kier alpha value is -2.24. The Balaban J connectivity index is 2.45. The van der Waals surface area contributed by atoms with Gasteiger partial charge in [0.15, 0.2) is 0 Å². The van der Waals surface area contributed by atoms with Crippen LogP contribution in [0.4, 0.5) is 0 Å². The first-order chi connectivity index (χ1) is 12.1. The zero-order valence-corrected chi connectivity index (χ0v) is 16.9. The molecule has 0 aliphatic rings. The molecule has 0 aliphatic carbocycles. The third kappa shape index (κ3) is 4.06. The van der Waals surface area contributed by atoms with Crippen LogP contribution in [0.3, 0.4) is 0 Å². The zero-order chi connectivity index (χ0) is 18.4. The Morgan fingerprint density at radius 3 is 0.960 bits per heavy atom. The second-order valence-electron chi connectivity index (χ2n) is 4.82. The molecule has 0 N–H and O–H groups in total. The number of benzene rings is 2. The van der Waals surface area contributed by atoms with Gasteiger partial charge in [0.2, 0.25) is 0 Å². The molecule has 0 heterocycles. The fraction of sp³-hybridized carbons (Fsp3) is 0.333. The third-order valence-corrected chi connectivity index (χ3v) is 5.49. The molecule has 0 atom stereocenters. The Labute approximate surface area is 154 Å². The van der Waals surface area contributed by atoms with Gasteiger partial charge in [0.25, 0.3) is 0 Å². The van der Waals surface area contributed by atoms with Crippen molar-refractivity contribution < 1.29 is 28.4 Å². The average molecular weight is 413 g/mol. The molecule has 0 radical (unpaired) electrons. The van der Waals surface area contributed by atoms with Gasteiger partial charge in [0.1, 0.15) is 0 Å². The number of ether oxygens (including phenoxy) is 6. The predicted molar refractivity (Wildman–Crippen MR) is 97.2 cm³/mol. The van der Waals surface area contributed by atoms with Crippen molar-refractivity contribution in [2.45, 2.75) is 0 Å². The molecule has 7 heteroatoms. The molecule has 0 aliphatic heterocycles. The van der Waals surface area contributed by atoms with Crippen LogP contribution in [0.2, 0.25) is 0 Å². The quantitative estimate of drug-likeness (QED) is 0.610. The second-order valence-corrected chi connectivity index (χ2v) is 7.23. The average Bonchev–Trinajstić information content (AvgIpc) is 2.65. The molecular formula is C18H22O6Se. The van der Waals surface area contributed by atoms with Crippen molar-refractivity contribution >= 4 is 23.9 Å². The molecule has 2 aromatic rings. The van der Waals surface area contributed by atoms with Crippen LogP contribution >= 0.6 is 0 Å². The maximum absolute atomic E-state index is 5.42. The van der Waals surface area contributed by atoms with Crippen molar-refractivity contribution in [1.82, 2.24) is 0 Å². The van der Waals surface area contributed by atoms with Crippen LogP contribution < -0.4 is 37.3 Å². The molecule has 0 aromatic heterocycles. The third-order valence-electron chi connectivity index (χ3n) is 3.51. The van der Waals surface area contributed by atoms with E-state index in [0.717, 1.165) is 8.92 Å². The molecule has 0 fully saturated rings. The summed E-state index contributed by atoms with van der Waals surface area (Å²) in [5.41, 5.74) is 0. The number of hydrogen-bond acceptors (Lipinski definition) is 6. The van der Waals surface area contributed by atoms with Gasteiger partial charge >= 0.3 is 154 Å². The van der Waals surface area contributed by atoms with E-state index >= 15 is 0 Å². The molecule has 0 unspecified atom stereocenters. The fourth-order valence-electron chi connectivity index (χ4n) is 2.37. The number of rotatable bonds is 8. The van der Waals surface area contributed by atoms with Crippen LogP contribution in [0.5, 0.6) is 34.5 Å². The van der Waals surface area contributed by atoms with E-state index in [1.807, 2.05) is 24.3 Å². The molecular weight excluding hydrogens is 391 g/mol. The summed E-state index contributed by atoms with van der Waals surface area (Å²) in [4.78, 5) is 0. The van der Waals surface area contributed by atoms with Crippen molar-refractivity contribution in [3.05, 3.63) is 24.3 Å². The summed E-state index contributed by atoms with van der Waals surface area (Å²) in [5.74, 6) is 3.68. The van der Waals surface area contributed by atoms with Gasteiger partial charge in [0.05, 0.1) is 0 Å². The summed E-state index contributed by atoms with van der Waals surface area (Å²) in [6, 6.07) is 7.80. The van der Waals surface area contributed by atoms with Crippen LogP contribution in [0.25, 0.3) is 0 Å². The fourth-order valence-corrected chi connectivity index (χ4v) is 4.33. The van der Waals surface area contributed by atoms with E-state index in [-0.39, 0.29) is 15.0 Å². The summed E-state index contributed by atoms with van der Waals surface area (Å²) >= 11 is -0.0281.